The number of hydrogen-bond acceptors (Lipinski definition) is 4. The Morgan fingerprint density at radius 2 is 0.750 bits per heavy atom. The molecule has 0 aromatic rings. The third kappa shape index (κ3) is 58.6. The summed E-state index contributed by atoms with van der Waals surface area (Å²) in [6.45, 7) is 0. The van der Waals surface area contributed by atoms with Gasteiger partial charge in [0.2, 0.25) is 0 Å². The molecule has 0 rings (SSSR count). The van der Waals surface area contributed by atoms with Crippen LogP contribution in [0.15, 0.2) is 0 Å². The predicted molar refractivity (Wildman–Crippen MR) is 17.3 cm³/mol. The molecule has 0 unspecified atom stereocenters. The largest absolute Gasteiger partial charge is 2.00 e. The van der Waals surface area contributed by atoms with Crippen molar-refractivity contribution in [3.05, 3.63) is 0 Å². The molecule has 4 nitrogen and oxygen atoms in total. The van der Waals surface area contributed by atoms with Crippen molar-refractivity contribution in [1.82, 2.24) is 0 Å². The molecule has 0 atom stereocenters. The van der Waals surface area contributed by atoms with Crippen LogP contribution in [0.1, 0.15) is 0 Å². The summed E-state index contributed by atoms with van der Waals surface area (Å²) in [5.41, 5.74) is 0. The van der Waals surface area contributed by atoms with E-state index in [0.29, 0.717) is 0 Å². The summed E-state index contributed by atoms with van der Waals surface area (Å²) < 4.78 is 0. The van der Waals surface area contributed by atoms with Crippen LogP contribution in [0.3, 0.4) is 0 Å². The van der Waals surface area contributed by atoms with E-state index in [1.807, 2.05) is 0 Å². The minimum Gasteiger partial charge on any atom is -0.894 e. The van der Waals surface area contributed by atoms with Crippen LogP contribution < -0.4 is 19.2 Å². The Balaban J connectivity index is -0.0000000267. The van der Waals surface area contributed by atoms with Gasteiger partial charge in [0.25, 0.3) is 0 Å². The van der Waals surface area contributed by atoms with Gasteiger partial charge in [0.15, 0.2) is 0 Å². The number of rotatable bonds is 0. The standard InChI is InChI=1S/Ag.2Ca.O4Si/c;;;1-5(2,3)4/q;2*+2;-4. The van der Waals surface area contributed by atoms with E-state index < -0.39 is 9.05 Å². The van der Waals surface area contributed by atoms with Crippen molar-refractivity contribution >= 4 is 84.5 Å². The molecule has 0 bridgehead atoms. The van der Waals surface area contributed by atoms with Gasteiger partial charge in [-0.05, 0) is 0 Å². The maximum absolute atomic E-state index is 8.58. The molecule has 0 aliphatic carbocycles. The maximum atomic E-state index is 8.58. The first-order valence-electron chi connectivity index (χ1n) is 0.816. The van der Waals surface area contributed by atoms with Crippen molar-refractivity contribution in [3.8, 4) is 0 Å². The molecule has 8 heteroatoms. The molecule has 0 saturated heterocycles. The molecule has 0 aromatic heterocycles. The van der Waals surface area contributed by atoms with E-state index in [-0.39, 0.29) is 97.9 Å². The SMILES string of the molecule is [Ag].[Ca+2].[Ca+2].[O-][Si]([O-])([O-])[O-]. The van der Waals surface area contributed by atoms with Crippen LogP contribution in [0.5, 0.6) is 0 Å². The summed E-state index contributed by atoms with van der Waals surface area (Å²) in [7, 11) is -5.61. The molecule has 0 fully saturated rings. The first kappa shape index (κ1) is 22.5. The van der Waals surface area contributed by atoms with Crippen molar-refractivity contribution in [3.63, 3.8) is 0 Å². The van der Waals surface area contributed by atoms with E-state index in [2.05, 4.69) is 0 Å². The molecule has 1 radical (unpaired) electrons. The van der Waals surface area contributed by atoms with Gasteiger partial charge in [0.05, 0.1) is 0 Å². The molecular weight excluding hydrogens is 280 g/mol. The molecule has 43 valence electrons. The average Bonchev–Trinajstić information content (AvgIpc) is 0.722. The Morgan fingerprint density at radius 1 is 0.750 bits per heavy atom. The van der Waals surface area contributed by atoms with Gasteiger partial charge in [-0.2, -0.15) is 0 Å². The summed E-state index contributed by atoms with van der Waals surface area (Å²) in [5.74, 6) is 0. The fraction of sp³-hybridized carbons (Fsp3) is 0. The fourth-order valence-corrected chi connectivity index (χ4v) is 0. The summed E-state index contributed by atoms with van der Waals surface area (Å²) in [6.07, 6.45) is 0. The Kier molecular flexibility index (Phi) is 29.0. The smallest absolute Gasteiger partial charge is 0.894 e. The summed E-state index contributed by atoms with van der Waals surface area (Å²) >= 11 is 0. The molecule has 0 aromatic carbocycles. The molecule has 0 aliphatic rings. The van der Waals surface area contributed by atoms with Crippen LogP contribution in [0.4, 0.5) is 0 Å². The normalized spacial score (nSPS) is 7.50. The monoisotopic (exact) mass is 279 g/mol. The molecule has 0 saturated carbocycles. The zero-order chi connectivity index (χ0) is 4.50. The second-order valence-electron chi connectivity index (χ2n) is 0.500. The van der Waals surface area contributed by atoms with Gasteiger partial charge in [-0.15, -0.1) is 0 Å². The van der Waals surface area contributed by atoms with Crippen molar-refractivity contribution in [2.24, 2.45) is 0 Å². The van der Waals surface area contributed by atoms with Crippen molar-refractivity contribution in [1.29, 1.82) is 0 Å². The molecule has 0 spiro atoms. The average molecular weight is 280 g/mol. The third-order valence-corrected chi connectivity index (χ3v) is 0. The van der Waals surface area contributed by atoms with Crippen LogP contribution in [-0.4, -0.2) is 84.5 Å². The van der Waals surface area contributed by atoms with Crippen LogP contribution in [-0.2, 0) is 22.4 Å². The second-order valence-corrected chi connectivity index (χ2v) is 1.50. The van der Waals surface area contributed by atoms with E-state index in [1.54, 1.807) is 0 Å². The first-order chi connectivity index (χ1) is 2.00. The first-order valence-corrected chi connectivity index (χ1v) is 2.45. The maximum Gasteiger partial charge on any atom is 2.00 e. The van der Waals surface area contributed by atoms with E-state index in [0.717, 1.165) is 0 Å². The van der Waals surface area contributed by atoms with Crippen LogP contribution >= 0.6 is 0 Å². The third-order valence-electron chi connectivity index (χ3n) is 0. The minimum atomic E-state index is -5.61. The minimum absolute atomic E-state index is 0. The van der Waals surface area contributed by atoms with Crippen LogP contribution in [0.2, 0.25) is 0 Å². The van der Waals surface area contributed by atoms with E-state index in [1.165, 1.54) is 0 Å². The summed E-state index contributed by atoms with van der Waals surface area (Å²) in [4.78, 5) is 34.3. The van der Waals surface area contributed by atoms with Crippen LogP contribution in [0, 0.1) is 0 Å². The zero-order valence-corrected chi connectivity index (χ0v) is 10.7. The fourth-order valence-electron chi connectivity index (χ4n) is 0. The van der Waals surface area contributed by atoms with Gasteiger partial charge in [0.1, 0.15) is 0 Å². The van der Waals surface area contributed by atoms with Crippen molar-refractivity contribution < 1.29 is 41.6 Å². The Morgan fingerprint density at radius 3 is 0.750 bits per heavy atom. The molecule has 0 amide bonds. The van der Waals surface area contributed by atoms with Gasteiger partial charge in [0, 0.05) is 22.4 Å². The Labute approximate surface area is 123 Å². The van der Waals surface area contributed by atoms with Gasteiger partial charge in [-0.25, -0.2) is 0 Å². The second kappa shape index (κ2) is 10.3. The predicted octanol–water partition coefficient (Wildman–Crippen LogP) is -5.90. The molecular formula is AgCa2O4Si. The topological polar surface area (TPSA) is 92.2 Å². The van der Waals surface area contributed by atoms with Gasteiger partial charge < -0.3 is 28.2 Å². The Hall–Kier alpha value is 3.32. The van der Waals surface area contributed by atoms with Gasteiger partial charge >= 0.3 is 75.5 Å². The number of hydrogen-bond donors (Lipinski definition) is 0. The van der Waals surface area contributed by atoms with Gasteiger partial charge in [-0.3, -0.25) is 0 Å². The molecule has 0 heterocycles. The summed E-state index contributed by atoms with van der Waals surface area (Å²) in [6, 6.07) is 0. The zero-order valence-electron chi connectivity index (χ0n) is 3.85. The molecule has 0 N–H and O–H groups in total. The van der Waals surface area contributed by atoms with Crippen molar-refractivity contribution in [2.45, 2.75) is 0 Å². The van der Waals surface area contributed by atoms with Gasteiger partial charge in [-0.1, -0.05) is 0 Å². The van der Waals surface area contributed by atoms with E-state index >= 15 is 0 Å². The summed E-state index contributed by atoms with van der Waals surface area (Å²) in [5, 5.41) is 0. The van der Waals surface area contributed by atoms with Crippen LogP contribution in [0.25, 0.3) is 0 Å². The molecule has 0 aliphatic heterocycles. The van der Waals surface area contributed by atoms with E-state index in [9.17, 15) is 0 Å². The molecule has 8 heavy (non-hydrogen) atoms. The van der Waals surface area contributed by atoms with Crippen molar-refractivity contribution in [2.75, 3.05) is 0 Å². The Bertz CT molecular complexity index is 29.5. The van der Waals surface area contributed by atoms with E-state index in [4.69, 9.17) is 19.2 Å². The quantitative estimate of drug-likeness (QED) is 0.413.